The number of hydrogen-bond acceptors (Lipinski definition) is 3. The van der Waals surface area contributed by atoms with Crippen LogP contribution in [0.2, 0.25) is 0 Å². The van der Waals surface area contributed by atoms with Crippen molar-refractivity contribution < 1.29 is 14.6 Å². The van der Waals surface area contributed by atoms with E-state index in [2.05, 4.69) is 13.2 Å². The van der Waals surface area contributed by atoms with Gasteiger partial charge in [0.05, 0.1) is 5.60 Å². The number of aliphatic carboxylic acids is 1. The second kappa shape index (κ2) is 5.52. The van der Waals surface area contributed by atoms with Gasteiger partial charge in [0.1, 0.15) is 0 Å². The Balaban J connectivity index is 2.59. The Labute approximate surface area is 135 Å². The van der Waals surface area contributed by atoms with Crippen LogP contribution in [-0.2, 0) is 9.53 Å². The molecule has 1 aromatic rings. The van der Waals surface area contributed by atoms with Gasteiger partial charge in [-0.05, 0) is 57.4 Å². The molecule has 1 aliphatic carbocycles. The Bertz CT molecular complexity index is 699. The summed E-state index contributed by atoms with van der Waals surface area (Å²) in [5, 5.41) is 9.66. The van der Waals surface area contributed by atoms with Crippen LogP contribution in [0.5, 0.6) is 0 Å². The molecule has 1 aromatic heterocycles. The van der Waals surface area contributed by atoms with Gasteiger partial charge in [0, 0.05) is 20.9 Å². The first kappa shape index (κ1) is 16.7. The molecule has 4 heteroatoms. The second-order valence-electron chi connectivity index (χ2n) is 6.51. The standard InChI is InChI=1S/C18H22O3S/c1-9-8-13(10(9)2)14-11(3)22-12(4)15(14)16(17(19)20)21-18(5,6)7/h8,16H,1-2H2,3-7H3,(H,19,20). The summed E-state index contributed by atoms with van der Waals surface area (Å²) < 4.78 is 5.83. The Kier molecular flexibility index (Phi) is 4.20. The predicted molar refractivity (Wildman–Crippen MR) is 91.3 cm³/mol. The summed E-state index contributed by atoms with van der Waals surface area (Å²) >= 11 is 1.59. The van der Waals surface area contributed by atoms with Gasteiger partial charge in [0.25, 0.3) is 0 Å². The number of hydrogen-bond donors (Lipinski definition) is 1. The van der Waals surface area contributed by atoms with Crippen LogP contribution in [0.15, 0.2) is 30.4 Å². The number of carboxylic acid groups (broad SMARTS) is 1. The van der Waals surface area contributed by atoms with Crippen molar-refractivity contribution in [2.45, 2.75) is 46.3 Å². The zero-order valence-corrected chi connectivity index (χ0v) is 14.6. The quantitative estimate of drug-likeness (QED) is 0.866. The van der Waals surface area contributed by atoms with Crippen LogP contribution in [0.25, 0.3) is 5.57 Å². The lowest BCUT2D eigenvalue weighted by atomic mass is 9.81. The smallest absolute Gasteiger partial charge is 0.337 e. The minimum Gasteiger partial charge on any atom is -0.479 e. The molecule has 1 atom stereocenters. The van der Waals surface area contributed by atoms with Gasteiger partial charge >= 0.3 is 5.97 Å². The first-order valence-electron chi connectivity index (χ1n) is 7.14. The first-order valence-corrected chi connectivity index (χ1v) is 7.95. The normalized spacial score (nSPS) is 16.3. The van der Waals surface area contributed by atoms with Crippen LogP contribution < -0.4 is 0 Å². The average molecular weight is 318 g/mol. The van der Waals surface area contributed by atoms with Crippen molar-refractivity contribution in [2.24, 2.45) is 0 Å². The van der Waals surface area contributed by atoms with E-state index >= 15 is 0 Å². The summed E-state index contributed by atoms with van der Waals surface area (Å²) in [4.78, 5) is 13.8. The van der Waals surface area contributed by atoms with E-state index in [1.165, 1.54) is 0 Å². The fourth-order valence-electron chi connectivity index (χ4n) is 2.60. The van der Waals surface area contributed by atoms with Gasteiger partial charge in [0.2, 0.25) is 0 Å². The van der Waals surface area contributed by atoms with E-state index < -0.39 is 17.7 Å². The third-order valence-electron chi connectivity index (χ3n) is 3.57. The van der Waals surface area contributed by atoms with Gasteiger partial charge in [-0.25, -0.2) is 4.79 Å². The molecule has 3 nitrogen and oxygen atoms in total. The van der Waals surface area contributed by atoms with Gasteiger partial charge < -0.3 is 9.84 Å². The zero-order chi connectivity index (χ0) is 16.8. The van der Waals surface area contributed by atoms with E-state index in [9.17, 15) is 9.90 Å². The summed E-state index contributed by atoms with van der Waals surface area (Å²) in [6, 6.07) is 0. The molecule has 1 heterocycles. The van der Waals surface area contributed by atoms with Gasteiger partial charge in [0.15, 0.2) is 6.10 Å². The van der Waals surface area contributed by atoms with Crippen molar-refractivity contribution in [2.75, 3.05) is 0 Å². The largest absolute Gasteiger partial charge is 0.479 e. The Morgan fingerprint density at radius 1 is 1.27 bits per heavy atom. The maximum Gasteiger partial charge on any atom is 0.337 e. The van der Waals surface area contributed by atoms with Crippen LogP contribution >= 0.6 is 11.3 Å². The molecule has 0 spiro atoms. The maximum absolute atomic E-state index is 11.8. The molecule has 0 radical (unpaired) electrons. The number of carboxylic acids is 1. The van der Waals surface area contributed by atoms with E-state index in [4.69, 9.17) is 4.74 Å². The van der Waals surface area contributed by atoms with Crippen LogP contribution in [0, 0.1) is 13.8 Å². The molecule has 22 heavy (non-hydrogen) atoms. The van der Waals surface area contributed by atoms with E-state index in [-0.39, 0.29) is 0 Å². The van der Waals surface area contributed by atoms with Crippen LogP contribution in [0.1, 0.15) is 47.8 Å². The molecule has 1 N–H and O–H groups in total. The number of rotatable bonds is 4. The third kappa shape index (κ3) is 2.94. The first-order chi connectivity index (χ1) is 10.0. The number of allylic oxidation sites excluding steroid dienone is 4. The van der Waals surface area contributed by atoms with Crippen molar-refractivity contribution in [3.63, 3.8) is 0 Å². The number of carbonyl (C=O) groups is 1. The predicted octanol–water partition coefficient (Wildman–Crippen LogP) is 4.82. The topological polar surface area (TPSA) is 46.5 Å². The third-order valence-corrected chi connectivity index (χ3v) is 4.60. The minimum absolute atomic E-state index is 0.544. The molecule has 0 bridgehead atoms. The van der Waals surface area contributed by atoms with Crippen molar-refractivity contribution in [1.82, 2.24) is 0 Å². The van der Waals surface area contributed by atoms with Crippen molar-refractivity contribution in [3.8, 4) is 0 Å². The number of ether oxygens (including phenoxy) is 1. The highest BCUT2D eigenvalue weighted by molar-refractivity contribution is 7.12. The van der Waals surface area contributed by atoms with Gasteiger partial charge in [-0.1, -0.05) is 13.2 Å². The zero-order valence-electron chi connectivity index (χ0n) is 13.7. The molecule has 118 valence electrons. The van der Waals surface area contributed by atoms with Crippen LogP contribution in [0.4, 0.5) is 0 Å². The molecular formula is C18H22O3S. The number of thiophene rings is 1. The molecule has 1 aliphatic rings. The lowest BCUT2D eigenvalue weighted by Crippen LogP contribution is -2.28. The molecule has 0 saturated carbocycles. The summed E-state index contributed by atoms with van der Waals surface area (Å²) in [5.74, 6) is -0.971. The molecule has 0 amide bonds. The summed E-state index contributed by atoms with van der Waals surface area (Å²) in [5.41, 5.74) is 3.89. The highest BCUT2D eigenvalue weighted by atomic mass is 32.1. The van der Waals surface area contributed by atoms with E-state index in [0.29, 0.717) is 0 Å². The summed E-state index contributed by atoms with van der Waals surface area (Å²) in [6.45, 7) is 17.4. The highest BCUT2D eigenvalue weighted by Gasteiger charge is 2.34. The lowest BCUT2D eigenvalue weighted by Gasteiger charge is -2.28. The van der Waals surface area contributed by atoms with Crippen LogP contribution in [-0.4, -0.2) is 16.7 Å². The molecule has 0 aliphatic heterocycles. The molecule has 0 aromatic carbocycles. The molecule has 0 saturated heterocycles. The summed E-state index contributed by atoms with van der Waals surface area (Å²) in [6.07, 6.45) is 0.971. The minimum atomic E-state index is -0.984. The highest BCUT2D eigenvalue weighted by Crippen LogP contribution is 2.46. The van der Waals surface area contributed by atoms with E-state index in [1.807, 2.05) is 40.7 Å². The van der Waals surface area contributed by atoms with E-state index in [1.54, 1.807) is 11.3 Å². The maximum atomic E-state index is 11.8. The molecule has 2 rings (SSSR count). The van der Waals surface area contributed by atoms with E-state index in [0.717, 1.165) is 37.6 Å². The summed E-state index contributed by atoms with van der Waals surface area (Å²) in [7, 11) is 0. The van der Waals surface area contributed by atoms with Crippen LogP contribution in [0.3, 0.4) is 0 Å². The Morgan fingerprint density at radius 3 is 2.27 bits per heavy atom. The lowest BCUT2D eigenvalue weighted by molar-refractivity contribution is -0.160. The molecular weight excluding hydrogens is 296 g/mol. The fraction of sp³-hybridized carbons (Fsp3) is 0.389. The Morgan fingerprint density at radius 2 is 1.86 bits per heavy atom. The van der Waals surface area contributed by atoms with Crippen molar-refractivity contribution in [3.05, 3.63) is 51.3 Å². The Hall–Kier alpha value is -1.65. The molecule has 1 unspecified atom stereocenters. The average Bonchev–Trinajstić information content (AvgIpc) is 2.66. The van der Waals surface area contributed by atoms with Gasteiger partial charge in [-0.3, -0.25) is 0 Å². The molecule has 0 fully saturated rings. The SMILES string of the molecule is C=C1C=C(c2c(C)sc(C)c2C(OC(C)(C)C)C(=O)O)C1=C. The van der Waals surface area contributed by atoms with Gasteiger partial charge in [-0.2, -0.15) is 0 Å². The van der Waals surface area contributed by atoms with Crippen molar-refractivity contribution in [1.29, 1.82) is 0 Å². The number of aryl methyl sites for hydroxylation is 2. The fourth-order valence-corrected chi connectivity index (χ4v) is 3.71. The second-order valence-corrected chi connectivity index (χ2v) is 7.94. The monoisotopic (exact) mass is 318 g/mol. The van der Waals surface area contributed by atoms with Gasteiger partial charge in [-0.15, -0.1) is 11.3 Å². The van der Waals surface area contributed by atoms with Crippen molar-refractivity contribution >= 4 is 22.9 Å².